The lowest BCUT2D eigenvalue weighted by Crippen LogP contribution is -2.01. The van der Waals surface area contributed by atoms with E-state index in [2.05, 4.69) is 0 Å². The van der Waals surface area contributed by atoms with Gasteiger partial charge in [-0.3, -0.25) is 0 Å². The maximum absolute atomic E-state index is 12.6. The Bertz CT molecular complexity index is 245. The summed E-state index contributed by atoms with van der Waals surface area (Å²) in [6, 6.07) is 6.67. The number of hydrogen-bond acceptors (Lipinski definition) is 2. The molecular weight excluding hydrogens is 209 g/mol. The van der Waals surface area contributed by atoms with Crippen molar-refractivity contribution < 1.29 is 4.39 Å². The van der Waals surface area contributed by atoms with E-state index >= 15 is 0 Å². The molecule has 0 spiro atoms. The molecule has 0 heterocycles. The summed E-state index contributed by atoms with van der Waals surface area (Å²) in [5.74, 6) is 1.60. The monoisotopic (exact) mass is 221 g/mol. The average molecular weight is 222 g/mol. The van der Waals surface area contributed by atoms with Gasteiger partial charge in [0.05, 0.1) is 0 Å². The van der Waals surface area contributed by atoms with Crippen LogP contribution in [0.5, 0.6) is 0 Å². The van der Waals surface area contributed by atoms with Gasteiger partial charge < -0.3 is 5.73 Å². The zero-order valence-corrected chi connectivity index (χ0v) is 8.84. The second-order valence-electron chi connectivity index (χ2n) is 2.47. The fraction of sp³-hybridized carbons (Fsp3) is 0.333. The predicted molar refractivity (Wildman–Crippen MR) is 58.9 cm³/mol. The quantitative estimate of drug-likeness (QED) is 0.791. The standard InChI is InChI=1S/C9H12FNS.ClH/c10-9-3-1-2-8(6-9)7-12-5-4-11;/h1-3,6H,4-5,7,11H2;1H. The molecule has 0 aliphatic carbocycles. The summed E-state index contributed by atoms with van der Waals surface area (Å²) in [7, 11) is 0. The third-order valence-electron chi connectivity index (χ3n) is 1.42. The number of thioether (sulfide) groups is 1. The highest BCUT2D eigenvalue weighted by Gasteiger charge is 1.94. The molecule has 1 aromatic carbocycles. The predicted octanol–water partition coefficient (Wildman–Crippen LogP) is 2.44. The first-order chi connectivity index (χ1) is 5.83. The molecule has 0 unspecified atom stereocenters. The molecule has 1 rings (SSSR count). The van der Waals surface area contributed by atoms with E-state index in [4.69, 9.17) is 5.73 Å². The van der Waals surface area contributed by atoms with Crippen LogP contribution >= 0.6 is 24.2 Å². The molecule has 0 radical (unpaired) electrons. The molecule has 0 atom stereocenters. The molecular formula is C9H13ClFNS. The van der Waals surface area contributed by atoms with Crippen LogP contribution in [0.1, 0.15) is 5.56 Å². The van der Waals surface area contributed by atoms with Gasteiger partial charge in [0.15, 0.2) is 0 Å². The van der Waals surface area contributed by atoms with E-state index in [0.29, 0.717) is 6.54 Å². The number of hydrogen-bond donors (Lipinski definition) is 1. The van der Waals surface area contributed by atoms with E-state index in [1.165, 1.54) is 6.07 Å². The summed E-state index contributed by atoms with van der Waals surface area (Å²) in [4.78, 5) is 0. The fourth-order valence-corrected chi connectivity index (χ4v) is 1.63. The van der Waals surface area contributed by atoms with Crippen LogP contribution in [-0.4, -0.2) is 12.3 Å². The summed E-state index contributed by atoms with van der Waals surface area (Å²) >= 11 is 1.72. The first kappa shape index (κ1) is 12.8. The highest BCUT2D eigenvalue weighted by molar-refractivity contribution is 7.98. The van der Waals surface area contributed by atoms with Gasteiger partial charge in [-0.15, -0.1) is 12.4 Å². The zero-order chi connectivity index (χ0) is 8.81. The van der Waals surface area contributed by atoms with Crippen molar-refractivity contribution >= 4 is 24.2 Å². The highest BCUT2D eigenvalue weighted by Crippen LogP contribution is 2.12. The minimum absolute atomic E-state index is 0. The van der Waals surface area contributed by atoms with Crippen molar-refractivity contribution in [3.63, 3.8) is 0 Å². The van der Waals surface area contributed by atoms with Gasteiger partial charge in [-0.1, -0.05) is 12.1 Å². The molecule has 0 saturated heterocycles. The van der Waals surface area contributed by atoms with Crippen molar-refractivity contribution in [1.82, 2.24) is 0 Å². The highest BCUT2D eigenvalue weighted by atomic mass is 35.5. The van der Waals surface area contributed by atoms with Crippen molar-refractivity contribution in [2.75, 3.05) is 12.3 Å². The lowest BCUT2D eigenvalue weighted by molar-refractivity contribution is 0.626. The van der Waals surface area contributed by atoms with Crippen molar-refractivity contribution in [2.24, 2.45) is 5.73 Å². The Morgan fingerprint density at radius 2 is 2.15 bits per heavy atom. The van der Waals surface area contributed by atoms with Crippen molar-refractivity contribution in [2.45, 2.75) is 5.75 Å². The fourth-order valence-electron chi connectivity index (χ4n) is 0.900. The maximum atomic E-state index is 12.6. The molecule has 0 aromatic heterocycles. The van der Waals surface area contributed by atoms with E-state index in [-0.39, 0.29) is 18.2 Å². The molecule has 4 heteroatoms. The Kier molecular flexibility index (Phi) is 7.04. The van der Waals surface area contributed by atoms with Gasteiger partial charge >= 0.3 is 0 Å². The van der Waals surface area contributed by atoms with E-state index in [1.807, 2.05) is 6.07 Å². The number of rotatable bonds is 4. The van der Waals surface area contributed by atoms with Crippen LogP contribution in [0.15, 0.2) is 24.3 Å². The molecule has 0 aliphatic heterocycles. The van der Waals surface area contributed by atoms with Crippen molar-refractivity contribution in [1.29, 1.82) is 0 Å². The van der Waals surface area contributed by atoms with Crippen LogP contribution in [0.2, 0.25) is 0 Å². The molecule has 1 nitrogen and oxygen atoms in total. The molecule has 0 saturated carbocycles. The third-order valence-corrected chi connectivity index (χ3v) is 2.48. The third kappa shape index (κ3) is 5.13. The lowest BCUT2D eigenvalue weighted by atomic mass is 10.2. The summed E-state index contributed by atoms with van der Waals surface area (Å²) in [5, 5.41) is 0. The Hall–Kier alpha value is -0.250. The first-order valence-electron chi connectivity index (χ1n) is 3.85. The van der Waals surface area contributed by atoms with Gasteiger partial charge in [0.1, 0.15) is 5.82 Å². The van der Waals surface area contributed by atoms with E-state index in [0.717, 1.165) is 17.1 Å². The zero-order valence-electron chi connectivity index (χ0n) is 7.20. The smallest absolute Gasteiger partial charge is 0.123 e. The van der Waals surface area contributed by atoms with Crippen molar-refractivity contribution in [3.8, 4) is 0 Å². The maximum Gasteiger partial charge on any atom is 0.123 e. The minimum Gasteiger partial charge on any atom is -0.330 e. The molecule has 0 fully saturated rings. The SMILES string of the molecule is Cl.NCCSCc1cccc(F)c1. The normalized spacial score (nSPS) is 9.38. The molecule has 13 heavy (non-hydrogen) atoms. The van der Waals surface area contributed by atoms with Gasteiger partial charge in [0, 0.05) is 18.1 Å². The van der Waals surface area contributed by atoms with Crippen LogP contribution in [0.4, 0.5) is 4.39 Å². The van der Waals surface area contributed by atoms with Crippen LogP contribution in [0.25, 0.3) is 0 Å². The van der Waals surface area contributed by atoms with Crippen LogP contribution in [-0.2, 0) is 5.75 Å². The van der Waals surface area contributed by atoms with E-state index < -0.39 is 0 Å². The van der Waals surface area contributed by atoms with Crippen molar-refractivity contribution in [3.05, 3.63) is 35.6 Å². The Labute approximate surface area is 88.3 Å². The summed E-state index contributed by atoms with van der Waals surface area (Å²) in [5.41, 5.74) is 6.35. The van der Waals surface area contributed by atoms with Crippen LogP contribution < -0.4 is 5.73 Å². The molecule has 2 N–H and O–H groups in total. The molecule has 0 bridgehead atoms. The van der Waals surface area contributed by atoms with Crippen LogP contribution in [0, 0.1) is 5.82 Å². The second kappa shape index (κ2) is 7.18. The molecule has 74 valence electrons. The second-order valence-corrected chi connectivity index (χ2v) is 3.58. The Balaban J connectivity index is 0.00000144. The summed E-state index contributed by atoms with van der Waals surface area (Å²) in [6.45, 7) is 0.681. The Morgan fingerprint density at radius 1 is 1.38 bits per heavy atom. The Morgan fingerprint density at radius 3 is 2.77 bits per heavy atom. The number of benzene rings is 1. The van der Waals surface area contributed by atoms with E-state index in [9.17, 15) is 4.39 Å². The van der Waals surface area contributed by atoms with Gasteiger partial charge in [0.25, 0.3) is 0 Å². The average Bonchev–Trinajstić information content (AvgIpc) is 2.05. The minimum atomic E-state index is -0.166. The lowest BCUT2D eigenvalue weighted by Gasteiger charge is -1.99. The van der Waals surface area contributed by atoms with E-state index in [1.54, 1.807) is 23.9 Å². The number of halogens is 2. The number of nitrogens with two attached hydrogens (primary N) is 1. The largest absolute Gasteiger partial charge is 0.330 e. The van der Waals surface area contributed by atoms with Gasteiger partial charge in [-0.25, -0.2) is 4.39 Å². The van der Waals surface area contributed by atoms with Gasteiger partial charge in [-0.2, -0.15) is 11.8 Å². The summed E-state index contributed by atoms with van der Waals surface area (Å²) in [6.07, 6.45) is 0. The van der Waals surface area contributed by atoms with Gasteiger partial charge in [0.2, 0.25) is 0 Å². The molecule has 0 aliphatic rings. The van der Waals surface area contributed by atoms with Crippen LogP contribution in [0.3, 0.4) is 0 Å². The van der Waals surface area contributed by atoms with Gasteiger partial charge in [-0.05, 0) is 17.7 Å². The molecule has 1 aromatic rings. The summed E-state index contributed by atoms with van der Waals surface area (Å²) < 4.78 is 12.6. The molecule has 0 amide bonds. The first-order valence-corrected chi connectivity index (χ1v) is 5.00. The topological polar surface area (TPSA) is 26.0 Å².